The number of para-hydroxylation sites is 1. The first kappa shape index (κ1) is 18.0. The monoisotopic (exact) mass is 373 g/mol. The molecule has 0 atom stereocenters. The molecular weight excluding hydrogens is 350 g/mol. The molecule has 0 bridgehead atoms. The lowest BCUT2D eigenvalue weighted by molar-refractivity contribution is 0.415. The van der Waals surface area contributed by atoms with E-state index in [9.17, 15) is 4.79 Å². The molecule has 0 amide bonds. The summed E-state index contributed by atoms with van der Waals surface area (Å²) in [4.78, 5) is 17.5. The largest absolute Gasteiger partial charge is 0.497 e. The molecule has 2 aromatic carbocycles. The van der Waals surface area contributed by atoms with E-state index in [0.717, 1.165) is 27.9 Å². The average Bonchev–Trinajstić information content (AvgIpc) is 2.96. The summed E-state index contributed by atoms with van der Waals surface area (Å²) in [5.74, 6) is 1.48. The first-order chi connectivity index (χ1) is 13.5. The van der Waals surface area contributed by atoms with Crippen LogP contribution < -0.4 is 10.3 Å². The lowest BCUT2D eigenvalue weighted by Gasteiger charge is -2.08. The minimum Gasteiger partial charge on any atom is -0.497 e. The molecule has 0 fully saturated rings. The van der Waals surface area contributed by atoms with Crippen LogP contribution in [-0.2, 0) is 13.6 Å². The van der Waals surface area contributed by atoms with Crippen molar-refractivity contribution in [2.45, 2.75) is 20.4 Å². The van der Waals surface area contributed by atoms with Gasteiger partial charge in [-0.25, -0.2) is 4.98 Å². The normalized spacial score (nSPS) is 11.7. The van der Waals surface area contributed by atoms with Crippen LogP contribution in [0.1, 0.15) is 24.0 Å². The van der Waals surface area contributed by atoms with Crippen molar-refractivity contribution in [1.82, 2.24) is 14.1 Å². The Balaban J connectivity index is 1.90. The number of hydrogen-bond acceptors (Lipinski definition) is 3. The average molecular weight is 373 g/mol. The first-order valence-electron chi connectivity index (χ1n) is 9.35. The standard InChI is InChI=1S/C23H23N3O2/c1-5-26-22(24-20-9-7-6-8-18(20)23(26)27)13-11-17-15(2)25(3)21-12-10-16(28-4)14-19(17)21/h6-14H,5H2,1-4H3/b13-11-. The zero-order valence-electron chi connectivity index (χ0n) is 16.6. The van der Waals surface area contributed by atoms with Crippen molar-refractivity contribution in [2.75, 3.05) is 7.11 Å². The maximum Gasteiger partial charge on any atom is 0.261 e. The van der Waals surface area contributed by atoms with Crippen LogP contribution in [0.25, 0.3) is 34.0 Å². The van der Waals surface area contributed by atoms with Crippen LogP contribution in [0.4, 0.5) is 0 Å². The Morgan fingerprint density at radius 1 is 1.11 bits per heavy atom. The SMILES string of the molecule is CCn1c(/C=C\c2c(C)n(C)c3ccc(OC)cc23)nc2ccccc2c1=O. The Hall–Kier alpha value is -3.34. The summed E-state index contributed by atoms with van der Waals surface area (Å²) in [7, 11) is 3.73. The van der Waals surface area contributed by atoms with Gasteiger partial charge in [-0.3, -0.25) is 9.36 Å². The first-order valence-corrected chi connectivity index (χ1v) is 9.35. The Bertz CT molecular complexity index is 1280. The minimum atomic E-state index is -0.0101. The Labute approximate surface area is 163 Å². The highest BCUT2D eigenvalue weighted by atomic mass is 16.5. The number of aryl methyl sites for hydroxylation is 1. The minimum absolute atomic E-state index is 0.0101. The van der Waals surface area contributed by atoms with Crippen LogP contribution in [0.5, 0.6) is 5.75 Å². The molecule has 0 aliphatic rings. The molecule has 2 heterocycles. The zero-order valence-corrected chi connectivity index (χ0v) is 16.6. The van der Waals surface area contributed by atoms with E-state index in [1.165, 1.54) is 0 Å². The van der Waals surface area contributed by atoms with Gasteiger partial charge in [0, 0.05) is 35.8 Å². The van der Waals surface area contributed by atoms with Gasteiger partial charge >= 0.3 is 0 Å². The van der Waals surface area contributed by atoms with Crippen molar-refractivity contribution in [1.29, 1.82) is 0 Å². The molecule has 0 unspecified atom stereocenters. The van der Waals surface area contributed by atoms with E-state index < -0.39 is 0 Å². The summed E-state index contributed by atoms with van der Waals surface area (Å²) in [5.41, 5.74) is 4.08. The van der Waals surface area contributed by atoms with Crippen molar-refractivity contribution in [3.63, 3.8) is 0 Å². The highest BCUT2D eigenvalue weighted by Gasteiger charge is 2.12. The number of rotatable bonds is 4. The van der Waals surface area contributed by atoms with Gasteiger partial charge in [-0.05, 0) is 56.3 Å². The molecule has 28 heavy (non-hydrogen) atoms. The second kappa shape index (κ2) is 7.00. The number of methoxy groups -OCH3 is 1. The second-order valence-corrected chi connectivity index (χ2v) is 6.81. The maximum atomic E-state index is 12.8. The van der Waals surface area contributed by atoms with E-state index in [2.05, 4.69) is 24.6 Å². The third kappa shape index (κ3) is 2.80. The van der Waals surface area contributed by atoms with Crippen molar-refractivity contribution in [3.05, 3.63) is 69.9 Å². The maximum absolute atomic E-state index is 12.8. The van der Waals surface area contributed by atoms with Crippen LogP contribution >= 0.6 is 0 Å². The summed E-state index contributed by atoms with van der Waals surface area (Å²) < 4.78 is 9.27. The third-order valence-electron chi connectivity index (χ3n) is 5.35. The fraction of sp³-hybridized carbons (Fsp3) is 0.217. The smallest absolute Gasteiger partial charge is 0.261 e. The Morgan fingerprint density at radius 3 is 2.64 bits per heavy atom. The Morgan fingerprint density at radius 2 is 1.89 bits per heavy atom. The van der Waals surface area contributed by atoms with E-state index in [4.69, 9.17) is 9.72 Å². The molecule has 5 nitrogen and oxygen atoms in total. The lowest BCUT2D eigenvalue weighted by atomic mass is 10.1. The summed E-state index contributed by atoms with van der Waals surface area (Å²) in [6.45, 7) is 4.62. The molecule has 0 aliphatic heterocycles. The molecule has 0 aliphatic carbocycles. The van der Waals surface area contributed by atoms with Gasteiger partial charge in [0.2, 0.25) is 0 Å². The summed E-state index contributed by atoms with van der Waals surface area (Å²) >= 11 is 0. The number of fused-ring (bicyclic) bond motifs is 2. The van der Waals surface area contributed by atoms with Gasteiger partial charge in [-0.15, -0.1) is 0 Å². The van der Waals surface area contributed by atoms with E-state index in [-0.39, 0.29) is 5.56 Å². The fourth-order valence-corrected chi connectivity index (χ4v) is 3.69. The Kier molecular flexibility index (Phi) is 4.51. The number of ether oxygens (including phenoxy) is 1. The van der Waals surface area contributed by atoms with Gasteiger partial charge in [0.15, 0.2) is 0 Å². The number of nitrogens with zero attached hydrogens (tertiary/aromatic N) is 3. The molecule has 142 valence electrons. The predicted molar refractivity (Wildman–Crippen MR) is 115 cm³/mol. The highest BCUT2D eigenvalue weighted by molar-refractivity contribution is 5.94. The molecule has 2 aromatic heterocycles. The molecule has 0 N–H and O–H groups in total. The van der Waals surface area contributed by atoms with E-state index in [1.54, 1.807) is 11.7 Å². The molecule has 0 spiro atoms. The highest BCUT2D eigenvalue weighted by Crippen LogP contribution is 2.30. The van der Waals surface area contributed by atoms with Crippen LogP contribution in [0.15, 0.2) is 47.3 Å². The summed E-state index contributed by atoms with van der Waals surface area (Å²) in [6.07, 6.45) is 3.97. The van der Waals surface area contributed by atoms with Crippen LogP contribution in [-0.4, -0.2) is 21.2 Å². The topological polar surface area (TPSA) is 49.0 Å². The van der Waals surface area contributed by atoms with Crippen molar-refractivity contribution >= 4 is 34.0 Å². The summed E-state index contributed by atoms with van der Waals surface area (Å²) in [6, 6.07) is 13.5. The van der Waals surface area contributed by atoms with Gasteiger partial charge in [0.05, 0.1) is 18.0 Å². The molecule has 5 heteroatoms. The van der Waals surface area contributed by atoms with E-state index >= 15 is 0 Å². The van der Waals surface area contributed by atoms with Crippen LogP contribution in [0, 0.1) is 6.92 Å². The van der Waals surface area contributed by atoms with Gasteiger partial charge in [0.25, 0.3) is 5.56 Å². The van der Waals surface area contributed by atoms with E-state index in [0.29, 0.717) is 23.3 Å². The van der Waals surface area contributed by atoms with E-state index in [1.807, 2.05) is 55.5 Å². The molecule has 0 radical (unpaired) electrons. The van der Waals surface area contributed by atoms with Gasteiger partial charge in [0.1, 0.15) is 11.6 Å². The molecular formula is C23H23N3O2. The quantitative estimate of drug-likeness (QED) is 0.533. The van der Waals surface area contributed by atoms with Crippen molar-refractivity contribution in [2.24, 2.45) is 7.05 Å². The molecule has 4 rings (SSSR count). The predicted octanol–water partition coefficient (Wildman–Crippen LogP) is 4.40. The molecule has 4 aromatic rings. The number of hydrogen-bond donors (Lipinski definition) is 0. The molecule has 0 saturated carbocycles. The van der Waals surface area contributed by atoms with Crippen molar-refractivity contribution < 1.29 is 4.74 Å². The fourth-order valence-electron chi connectivity index (χ4n) is 3.69. The zero-order chi connectivity index (χ0) is 19.8. The van der Waals surface area contributed by atoms with Crippen LogP contribution in [0.2, 0.25) is 0 Å². The molecule has 0 saturated heterocycles. The van der Waals surface area contributed by atoms with Gasteiger partial charge < -0.3 is 9.30 Å². The lowest BCUT2D eigenvalue weighted by Crippen LogP contribution is -2.22. The van der Waals surface area contributed by atoms with Gasteiger partial charge in [-0.1, -0.05) is 12.1 Å². The summed E-state index contributed by atoms with van der Waals surface area (Å²) in [5, 5.41) is 1.76. The van der Waals surface area contributed by atoms with Gasteiger partial charge in [-0.2, -0.15) is 0 Å². The van der Waals surface area contributed by atoms with Crippen LogP contribution in [0.3, 0.4) is 0 Å². The number of aromatic nitrogens is 3. The van der Waals surface area contributed by atoms with Crippen molar-refractivity contribution in [3.8, 4) is 5.75 Å². The third-order valence-corrected chi connectivity index (χ3v) is 5.35. The second-order valence-electron chi connectivity index (χ2n) is 6.81. The number of benzene rings is 2.